The van der Waals surface area contributed by atoms with Crippen LogP contribution >= 0.6 is 0 Å². The minimum atomic E-state index is -0.190. The van der Waals surface area contributed by atoms with Crippen LogP contribution in [0.1, 0.15) is 38.8 Å². The Morgan fingerprint density at radius 3 is 2.39 bits per heavy atom. The maximum absolute atomic E-state index is 12.1. The van der Waals surface area contributed by atoms with Crippen molar-refractivity contribution in [3.63, 3.8) is 0 Å². The van der Waals surface area contributed by atoms with Crippen LogP contribution in [0.3, 0.4) is 0 Å². The molecular formula is C22H28N2O4. The second kappa shape index (κ2) is 11.0. The minimum Gasteiger partial charge on any atom is -0.494 e. The topological polar surface area (TPSA) is 69.2 Å². The van der Waals surface area contributed by atoms with E-state index in [-0.39, 0.29) is 18.4 Å². The summed E-state index contributed by atoms with van der Waals surface area (Å²) in [6, 6.07) is 13.0. The third kappa shape index (κ3) is 6.95. The van der Waals surface area contributed by atoms with Crippen molar-refractivity contribution in [2.75, 3.05) is 13.2 Å². The molecule has 0 bridgehead atoms. The molecule has 0 saturated heterocycles. The van der Waals surface area contributed by atoms with E-state index in [1.165, 1.54) is 0 Å². The maximum Gasteiger partial charge on any atom is 0.244 e. The van der Waals surface area contributed by atoms with Crippen LogP contribution < -0.4 is 19.6 Å². The van der Waals surface area contributed by atoms with Gasteiger partial charge in [-0.3, -0.25) is 4.79 Å². The highest BCUT2D eigenvalue weighted by molar-refractivity contribution is 5.84. The van der Waals surface area contributed by atoms with E-state index in [1.54, 1.807) is 6.21 Å². The van der Waals surface area contributed by atoms with E-state index >= 15 is 0 Å². The van der Waals surface area contributed by atoms with E-state index in [4.69, 9.17) is 14.2 Å². The van der Waals surface area contributed by atoms with Gasteiger partial charge in [-0.1, -0.05) is 12.1 Å². The Hall–Kier alpha value is -3.02. The largest absolute Gasteiger partial charge is 0.494 e. The van der Waals surface area contributed by atoms with Crippen molar-refractivity contribution < 1.29 is 19.0 Å². The van der Waals surface area contributed by atoms with Gasteiger partial charge in [0.05, 0.1) is 32.0 Å². The van der Waals surface area contributed by atoms with Crippen LogP contribution in [-0.4, -0.2) is 31.4 Å². The molecule has 150 valence electrons. The highest BCUT2D eigenvalue weighted by atomic mass is 16.5. The van der Waals surface area contributed by atoms with Crippen molar-refractivity contribution in [3.8, 4) is 17.2 Å². The number of hydrogen-bond donors (Lipinski definition) is 1. The molecule has 1 amide bonds. The van der Waals surface area contributed by atoms with Crippen LogP contribution in [-0.2, 0) is 11.2 Å². The lowest BCUT2D eigenvalue weighted by atomic mass is 10.1. The third-order valence-electron chi connectivity index (χ3n) is 3.63. The zero-order valence-corrected chi connectivity index (χ0v) is 16.9. The third-order valence-corrected chi connectivity index (χ3v) is 3.63. The standard InChI is InChI=1S/C22H28N2O4/c1-5-26-19-10-7-17(8-11-19)14-22(25)24-23-15-18-9-12-20(28-16(3)4)21(13-18)27-6-2/h7-13,15-16H,5-6,14H2,1-4H3,(H,24,25)/b23-15-. The lowest BCUT2D eigenvalue weighted by molar-refractivity contribution is -0.120. The molecule has 0 aliphatic rings. The molecule has 28 heavy (non-hydrogen) atoms. The Kier molecular flexibility index (Phi) is 8.34. The van der Waals surface area contributed by atoms with Gasteiger partial charge in [-0.2, -0.15) is 5.10 Å². The van der Waals surface area contributed by atoms with Gasteiger partial charge >= 0.3 is 0 Å². The van der Waals surface area contributed by atoms with E-state index in [1.807, 2.05) is 70.2 Å². The number of hydrazone groups is 1. The predicted molar refractivity (Wildman–Crippen MR) is 110 cm³/mol. The van der Waals surface area contributed by atoms with Gasteiger partial charge in [0.25, 0.3) is 0 Å². The summed E-state index contributed by atoms with van der Waals surface area (Å²) < 4.78 is 16.8. The molecule has 0 fully saturated rings. The maximum atomic E-state index is 12.1. The highest BCUT2D eigenvalue weighted by Crippen LogP contribution is 2.28. The van der Waals surface area contributed by atoms with Gasteiger partial charge in [0.1, 0.15) is 5.75 Å². The van der Waals surface area contributed by atoms with Crippen molar-refractivity contribution in [1.29, 1.82) is 0 Å². The predicted octanol–water partition coefficient (Wildman–Crippen LogP) is 3.96. The fourth-order valence-electron chi connectivity index (χ4n) is 2.50. The first-order valence-electron chi connectivity index (χ1n) is 9.49. The zero-order chi connectivity index (χ0) is 20.4. The SMILES string of the molecule is CCOc1ccc(CC(=O)N/N=C\c2ccc(OC(C)C)c(OCC)c2)cc1. The van der Waals surface area contributed by atoms with Gasteiger partial charge in [-0.15, -0.1) is 0 Å². The molecule has 6 heteroatoms. The molecule has 2 rings (SSSR count). The molecule has 1 N–H and O–H groups in total. The lowest BCUT2D eigenvalue weighted by Gasteiger charge is -2.14. The Balaban J connectivity index is 1.93. The summed E-state index contributed by atoms with van der Waals surface area (Å²) in [7, 11) is 0. The molecule has 0 unspecified atom stereocenters. The molecule has 0 radical (unpaired) electrons. The first kappa shape index (κ1) is 21.3. The molecule has 0 saturated carbocycles. The van der Waals surface area contributed by atoms with Gasteiger partial charge in [-0.05, 0) is 69.2 Å². The number of ether oxygens (including phenoxy) is 3. The van der Waals surface area contributed by atoms with Gasteiger partial charge < -0.3 is 14.2 Å². The summed E-state index contributed by atoms with van der Waals surface area (Å²) >= 11 is 0. The summed E-state index contributed by atoms with van der Waals surface area (Å²) in [5, 5.41) is 4.03. The van der Waals surface area contributed by atoms with Crippen LogP contribution in [0.2, 0.25) is 0 Å². The molecule has 0 heterocycles. The molecule has 0 aromatic heterocycles. The first-order chi connectivity index (χ1) is 13.5. The lowest BCUT2D eigenvalue weighted by Crippen LogP contribution is -2.19. The average molecular weight is 384 g/mol. The smallest absolute Gasteiger partial charge is 0.244 e. The Morgan fingerprint density at radius 1 is 1.04 bits per heavy atom. The van der Waals surface area contributed by atoms with E-state index in [9.17, 15) is 4.79 Å². The monoisotopic (exact) mass is 384 g/mol. The number of carbonyl (C=O) groups excluding carboxylic acids is 1. The molecule has 0 atom stereocenters. The summed E-state index contributed by atoms with van der Waals surface area (Å²) in [6.45, 7) is 8.93. The van der Waals surface area contributed by atoms with Gasteiger partial charge in [0.15, 0.2) is 11.5 Å². The number of rotatable bonds is 10. The van der Waals surface area contributed by atoms with Crippen molar-refractivity contribution in [1.82, 2.24) is 5.43 Å². The second-order valence-electron chi connectivity index (χ2n) is 6.35. The van der Waals surface area contributed by atoms with Crippen molar-refractivity contribution >= 4 is 12.1 Å². The van der Waals surface area contributed by atoms with E-state index in [0.29, 0.717) is 24.7 Å². The minimum absolute atomic E-state index is 0.0561. The number of hydrogen-bond acceptors (Lipinski definition) is 5. The average Bonchev–Trinajstić information content (AvgIpc) is 2.65. The van der Waals surface area contributed by atoms with Gasteiger partial charge in [-0.25, -0.2) is 5.43 Å². The second-order valence-corrected chi connectivity index (χ2v) is 6.35. The van der Waals surface area contributed by atoms with Crippen LogP contribution in [0.25, 0.3) is 0 Å². The van der Waals surface area contributed by atoms with Crippen LogP contribution in [0, 0.1) is 0 Å². The fraction of sp³-hybridized carbons (Fsp3) is 0.364. The molecule has 2 aromatic rings. The zero-order valence-electron chi connectivity index (χ0n) is 16.9. The Morgan fingerprint density at radius 2 is 1.75 bits per heavy atom. The molecular weight excluding hydrogens is 356 g/mol. The van der Waals surface area contributed by atoms with Crippen LogP contribution in [0.5, 0.6) is 17.2 Å². The van der Waals surface area contributed by atoms with Crippen molar-refractivity contribution in [2.45, 2.75) is 40.2 Å². The van der Waals surface area contributed by atoms with Gasteiger partial charge in [0, 0.05) is 0 Å². The number of carbonyl (C=O) groups is 1. The first-order valence-corrected chi connectivity index (χ1v) is 9.49. The summed E-state index contributed by atoms with van der Waals surface area (Å²) in [5.74, 6) is 1.94. The molecule has 0 aliphatic heterocycles. The van der Waals surface area contributed by atoms with Crippen molar-refractivity contribution in [3.05, 3.63) is 53.6 Å². The summed E-state index contributed by atoms with van der Waals surface area (Å²) in [4.78, 5) is 12.1. The fourth-order valence-corrected chi connectivity index (χ4v) is 2.50. The quantitative estimate of drug-likeness (QED) is 0.497. The molecule has 0 aliphatic carbocycles. The molecule has 6 nitrogen and oxygen atoms in total. The number of benzene rings is 2. The van der Waals surface area contributed by atoms with Crippen molar-refractivity contribution in [2.24, 2.45) is 5.10 Å². The van der Waals surface area contributed by atoms with E-state index < -0.39 is 0 Å². The normalized spacial score (nSPS) is 10.9. The van der Waals surface area contributed by atoms with E-state index in [0.717, 1.165) is 16.9 Å². The molecule has 2 aromatic carbocycles. The van der Waals surface area contributed by atoms with Crippen LogP contribution in [0.4, 0.5) is 0 Å². The number of nitrogens with one attached hydrogen (secondary N) is 1. The Labute approximate surface area is 166 Å². The van der Waals surface area contributed by atoms with Gasteiger partial charge in [0.2, 0.25) is 5.91 Å². The number of nitrogens with zero attached hydrogens (tertiary/aromatic N) is 1. The highest BCUT2D eigenvalue weighted by Gasteiger charge is 2.08. The summed E-state index contributed by atoms with van der Waals surface area (Å²) in [5.41, 5.74) is 4.24. The molecule has 0 spiro atoms. The Bertz CT molecular complexity index is 786. The van der Waals surface area contributed by atoms with E-state index in [2.05, 4.69) is 10.5 Å². The van der Waals surface area contributed by atoms with Crippen LogP contribution in [0.15, 0.2) is 47.6 Å². The summed E-state index contributed by atoms with van der Waals surface area (Å²) in [6.07, 6.45) is 1.88. The number of amides is 1.